The summed E-state index contributed by atoms with van der Waals surface area (Å²) in [7, 11) is 0. The summed E-state index contributed by atoms with van der Waals surface area (Å²) in [4.78, 5) is 10.6. The smallest absolute Gasteiger partial charge is 0.303 e. The maximum atomic E-state index is 10.6. The van der Waals surface area contributed by atoms with Gasteiger partial charge in [-0.15, -0.1) is 0 Å². The van der Waals surface area contributed by atoms with Gasteiger partial charge in [0.1, 0.15) is 0 Å². The summed E-state index contributed by atoms with van der Waals surface area (Å²) in [6.45, 7) is 2.23. The molecule has 0 aromatic heterocycles. The fourth-order valence-electron chi connectivity index (χ4n) is 1.58. The third-order valence-corrected chi connectivity index (χ3v) is 2.48. The summed E-state index contributed by atoms with van der Waals surface area (Å²) < 4.78 is 6.37. The van der Waals surface area contributed by atoms with Crippen LogP contribution in [0, 0.1) is 0 Å². The highest BCUT2D eigenvalue weighted by Crippen LogP contribution is 2.10. The minimum atomic E-state index is -0.405. The van der Waals surface area contributed by atoms with Crippen molar-refractivity contribution in [3.63, 3.8) is 0 Å². The minimum Gasteiger partial charge on any atom is -0.481 e. The van der Waals surface area contributed by atoms with Gasteiger partial charge in [-0.05, 0) is 6.42 Å². The van der Waals surface area contributed by atoms with Crippen molar-refractivity contribution < 1.29 is 9.90 Å². The van der Waals surface area contributed by atoms with E-state index < -0.39 is 5.97 Å². The van der Waals surface area contributed by atoms with Crippen LogP contribution in [-0.2, 0) is 4.79 Å². The molecule has 0 fully saturated rings. The second-order valence-electron chi connectivity index (χ2n) is 3.95. The Labute approximate surface area is 89.2 Å². The number of carboxylic acids is 1. The Kier molecular flexibility index (Phi) is 8.70. The fraction of sp³-hybridized carbons (Fsp3) is 0.917. The monoisotopic (exact) mass is 201 g/mol. The Balaban J connectivity index is 2.95. The van der Waals surface area contributed by atoms with E-state index in [1.54, 1.807) is 0 Å². The van der Waals surface area contributed by atoms with E-state index in [4.69, 9.17) is 1.43 Å². The predicted octanol–water partition coefficient (Wildman–Crippen LogP) is 3.99. The summed E-state index contributed by atoms with van der Waals surface area (Å²) in [5.74, 6) is -0.405. The van der Waals surface area contributed by atoms with Crippen LogP contribution in [0.15, 0.2) is 0 Å². The molecule has 0 aromatic rings. The van der Waals surface area contributed by atoms with E-state index in [-0.39, 0.29) is 0 Å². The Morgan fingerprint density at radius 1 is 1.00 bits per heavy atom. The lowest BCUT2D eigenvalue weighted by atomic mass is 10.1. The van der Waals surface area contributed by atoms with Gasteiger partial charge in [0.2, 0.25) is 0 Å². The van der Waals surface area contributed by atoms with Gasteiger partial charge in [-0.25, -0.2) is 0 Å². The van der Waals surface area contributed by atoms with Gasteiger partial charge in [-0.2, -0.15) is 0 Å². The first-order valence-electron chi connectivity index (χ1n) is 6.38. The SMILES string of the molecule is [2H]OC(=O)CCCCCCCCCCC. The zero-order chi connectivity index (χ0) is 11.4. The van der Waals surface area contributed by atoms with E-state index in [9.17, 15) is 4.79 Å². The highest BCUT2D eigenvalue weighted by Gasteiger charge is 1.96. The lowest BCUT2D eigenvalue weighted by Crippen LogP contribution is -1.93. The molecule has 0 saturated heterocycles. The van der Waals surface area contributed by atoms with Crippen molar-refractivity contribution in [1.29, 1.82) is 1.43 Å². The molecule has 0 rings (SSSR count). The first-order valence-corrected chi connectivity index (χ1v) is 5.97. The summed E-state index contributed by atoms with van der Waals surface area (Å²) in [6.07, 6.45) is 11.5. The topological polar surface area (TPSA) is 37.3 Å². The van der Waals surface area contributed by atoms with Crippen molar-refractivity contribution in [3.05, 3.63) is 0 Å². The molecule has 0 radical (unpaired) electrons. The molecule has 1 N–H and O–H groups in total. The maximum Gasteiger partial charge on any atom is 0.303 e. The molecule has 2 nitrogen and oxygen atoms in total. The lowest BCUT2D eigenvalue weighted by Gasteiger charge is -2.00. The number of unbranched alkanes of at least 4 members (excludes halogenated alkanes) is 8. The number of hydrogen-bond donors (Lipinski definition) is 1. The van der Waals surface area contributed by atoms with Crippen LogP contribution in [-0.4, -0.2) is 11.1 Å². The van der Waals surface area contributed by atoms with Gasteiger partial charge >= 0.3 is 5.97 Å². The van der Waals surface area contributed by atoms with Gasteiger partial charge < -0.3 is 5.11 Å². The second-order valence-corrected chi connectivity index (χ2v) is 3.95. The molecule has 0 heterocycles. The van der Waals surface area contributed by atoms with Crippen molar-refractivity contribution in [1.82, 2.24) is 0 Å². The average molecular weight is 201 g/mol. The molecule has 0 bridgehead atoms. The van der Waals surface area contributed by atoms with Crippen LogP contribution in [0.4, 0.5) is 0 Å². The number of carbonyl (C=O) groups is 1. The van der Waals surface area contributed by atoms with Crippen LogP contribution in [0.25, 0.3) is 1.43 Å². The summed E-state index contributed by atoms with van der Waals surface area (Å²) in [5, 5.41) is 3.83. The van der Waals surface area contributed by atoms with Gasteiger partial charge in [0.05, 0.1) is 0 Å². The molecular formula is C12H24O2. The lowest BCUT2D eigenvalue weighted by molar-refractivity contribution is -0.137. The molecule has 0 spiro atoms. The van der Waals surface area contributed by atoms with Crippen molar-refractivity contribution in [2.75, 3.05) is 0 Å². The number of rotatable bonds is 10. The second kappa shape index (κ2) is 10.6. The number of aliphatic carboxylic acids is 1. The van der Waals surface area contributed by atoms with Crippen LogP contribution < -0.4 is 0 Å². The first kappa shape index (κ1) is 11.5. The Hall–Kier alpha value is -0.530. The average Bonchev–Trinajstić information content (AvgIpc) is 2.26. The van der Waals surface area contributed by atoms with E-state index in [1.165, 1.54) is 44.9 Å². The molecular weight excluding hydrogens is 176 g/mol. The van der Waals surface area contributed by atoms with E-state index in [2.05, 4.69) is 12.0 Å². The van der Waals surface area contributed by atoms with Crippen molar-refractivity contribution in [3.8, 4) is 0 Å². The molecule has 0 aromatic carbocycles. The molecule has 0 aliphatic carbocycles. The molecule has 0 aliphatic heterocycles. The fourth-order valence-corrected chi connectivity index (χ4v) is 1.58. The van der Waals surface area contributed by atoms with Crippen molar-refractivity contribution in [2.24, 2.45) is 0 Å². The highest BCUT2D eigenvalue weighted by molar-refractivity contribution is 5.66. The largest absolute Gasteiger partial charge is 0.481 e. The van der Waals surface area contributed by atoms with Crippen LogP contribution in [0.2, 0.25) is 0 Å². The highest BCUT2D eigenvalue weighted by atomic mass is 16.4. The van der Waals surface area contributed by atoms with Crippen LogP contribution in [0.3, 0.4) is 0 Å². The van der Waals surface area contributed by atoms with E-state index >= 15 is 0 Å². The summed E-state index contributed by atoms with van der Waals surface area (Å²) >= 11 is 0. The van der Waals surface area contributed by atoms with Crippen LogP contribution in [0.5, 0.6) is 0 Å². The number of hydrogen-bond acceptors (Lipinski definition) is 2. The molecule has 0 amide bonds. The zero-order valence-corrected chi connectivity index (χ0v) is 9.39. The molecule has 2 heteroatoms. The van der Waals surface area contributed by atoms with Crippen LogP contribution in [0.1, 0.15) is 71.1 Å². The predicted molar refractivity (Wildman–Crippen MR) is 59.5 cm³/mol. The molecule has 84 valence electrons. The van der Waals surface area contributed by atoms with Gasteiger partial charge in [-0.3, -0.25) is 4.79 Å². The van der Waals surface area contributed by atoms with E-state index in [0.717, 1.165) is 12.8 Å². The number of carboxylic acid groups (broad SMARTS) is 1. The first-order chi connectivity index (χ1) is 7.31. The van der Waals surface area contributed by atoms with Gasteiger partial charge in [0.25, 0.3) is 1.43 Å². The van der Waals surface area contributed by atoms with E-state index in [1.807, 2.05) is 0 Å². The van der Waals surface area contributed by atoms with Crippen LogP contribution >= 0.6 is 0 Å². The third-order valence-electron chi connectivity index (χ3n) is 2.48. The standard InChI is InChI=1S/C12H24O2/c1-2-3-4-5-6-7-8-9-10-11-12(13)14/h2-11H2,1H3,(H,13,14)/i/hD. The summed E-state index contributed by atoms with van der Waals surface area (Å²) in [6, 6.07) is 0. The Morgan fingerprint density at radius 2 is 1.50 bits per heavy atom. The van der Waals surface area contributed by atoms with Gasteiger partial charge in [0, 0.05) is 6.42 Å². The molecule has 14 heavy (non-hydrogen) atoms. The molecule has 0 unspecified atom stereocenters. The van der Waals surface area contributed by atoms with Gasteiger partial charge in [0.15, 0.2) is 0 Å². The normalized spacial score (nSPS) is 11.1. The van der Waals surface area contributed by atoms with E-state index in [0.29, 0.717) is 6.42 Å². The maximum absolute atomic E-state index is 10.6. The summed E-state index contributed by atoms with van der Waals surface area (Å²) in [5.41, 5.74) is 0. The minimum absolute atomic E-state index is 0.402. The quantitative estimate of drug-likeness (QED) is 0.542. The Bertz CT molecular complexity index is 149. The molecule has 0 aliphatic rings. The van der Waals surface area contributed by atoms with Crippen molar-refractivity contribution >= 4 is 5.97 Å². The molecule has 0 atom stereocenters. The van der Waals surface area contributed by atoms with Crippen molar-refractivity contribution in [2.45, 2.75) is 71.1 Å². The zero-order valence-electron chi connectivity index (χ0n) is 10.4. The Morgan fingerprint density at radius 3 is 2.00 bits per heavy atom. The third kappa shape index (κ3) is 11.5. The van der Waals surface area contributed by atoms with Gasteiger partial charge in [-0.1, -0.05) is 58.3 Å². The molecule has 0 saturated carbocycles.